The summed E-state index contributed by atoms with van der Waals surface area (Å²) in [5, 5.41) is 13.1. The van der Waals surface area contributed by atoms with Gasteiger partial charge in [-0.25, -0.2) is 9.37 Å². The lowest BCUT2D eigenvalue weighted by atomic mass is 10.2. The van der Waals surface area contributed by atoms with Crippen LogP contribution in [-0.2, 0) is 0 Å². The number of nitrogens with two attached hydrogens (primary N) is 1. The summed E-state index contributed by atoms with van der Waals surface area (Å²) < 4.78 is 17.9. The summed E-state index contributed by atoms with van der Waals surface area (Å²) in [6.07, 6.45) is 1.07. The highest BCUT2D eigenvalue weighted by Crippen LogP contribution is 2.27. The first-order valence-electron chi connectivity index (χ1n) is 5.68. The molecule has 3 N–H and O–H groups in total. The molecule has 0 aliphatic heterocycles. The Morgan fingerprint density at radius 2 is 2.05 bits per heavy atom. The van der Waals surface area contributed by atoms with E-state index in [1.807, 2.05) is 0 Å². The molecule has 3 aromatic rings. The summed E-state index contributed by atoms with van der Waals surface area (Å²) in [6, 6.07) is 7.27. The van der Waals surface area contributed by atoms with E-state index in [0.717, 1.165) is 6.20 Å². The van der Waals surface area contributed by atoms with E-state index in [1.165, 1.54) is 24.3 Å². The van der Waals surface area contributed by atoms with E-state index in [-0.39, 0.29) is 23.2 Å². The number of nitrogens with zero attached hydrogens (tertiary/aromatic N) is 3. The zero-order chi connectivity index (χ0) is 14.1. The molecule has 0 atom stereocenters. The number of aromatic hydroxyl groups is 1. The molecule has 6 nitrogen and oxygen atoms in total. The van der Waals surface area contributed by atoms with E-state index >= 15 is 0 Å². The molecule has 2 aromatic heterocycles. The summed E-state index contributed by atoms with van der Waals surface area (Å²) in [6.45, 7) is 0. The second-order valence-corrected chi connectivity index (χ2v) is 4.06. The zero-order valence-electron chi connectivity index (χ0n) is 10.1. The van der Waals surface area contributed by atoms with Gasteiger partial charge in [0.25, 0.3) is 5.89 Å². The second kappa shape index (κ2) is 4.61. The quantitative estimate of drug-likeness (QED) is 0.548. The Kier molecular flexibility index (Phi) is 2.79. The molecule has 0 unspecified atom stereocenters. The van der Waals surface area contributed by atoms with Crippen LogP contribution in [0.4, 0.5) is 10.1 Å². The smallest absolute Gasteiger partial charge is 0.258 e. The number of anilines is 1. The van der Waals surface area contributed by atoms with Crippen molar-refractivity contribution in [1.82, 2.24) is 15.1 Å². The number of aromatic nitrogens is 3. The first-order valence-corrected chi connectivity index (χ1v) is 5.68. The molecule has 20 heavy (non-hydrogen) atoms. The normalized spacial score (nSPS) is 10.7. The monoisotopic (exact) mass is 272 g/mol. The predicted molar refractivity (Wildman–Crippen MR) is 69.0 cm³/mol. The van der Waals surface area contributed by atoms with Crippen LogP contribution in [0.3, 0.4) is 0 Å². The lowest BCUT2D eigenvalue weighted by Gasteiger charge is -1.99. The van der Waals surface area contributed by atoms with Gasteiger partial charge < -0.3 is 15.4 Å². The van der Waals surface area contributed by atoms with E-state index in [2.05, 4.69) is 15.1 Å². The summed E-state index contributed by atoms with van der Waals surface area (Å²) >= 11 is 0. The fourth-order valence-corrected chi connectivity index (χ4v) is 1.64. The molecule has 0 spiro atoms. The Balaban J connectivity index is 1.97. The van der Waals surface area contributed by atoms with Crippen LogP contribution in [-0.4, -0.2) is 20.2 Å². The largest absolute Gasteiger partial charge is 0.506 e. The first-order chi connectivity index (χ1) is 9.63. The highest BCUT2D eigenvalue weighted by atomic mass is 19.1. The maximum Gasteiger partial charge on any atom is 0.258 e. The molecule has 0 aliphatic carbocycles. The van der Waals surface area contributed by atoms with Crippen LogP contribution in [0.5, 0.6) is 5.75 Å². The van der Waals surface area contributed by atoms with Gasteiger partial charge in [-0.2, -0.15) is 4.98 Å². The average molecular weight is 272 g/mol. The Morgan fingerprint density at radius 3 is 2.75 bits per heavy atom. The number of nitrogen functional groups attached to an aromatic ring is 1. The molecule has 1 aromatic carbocycles. The van der Waals surface area contributed by atoms with Crippen LogP contribution < -0.4 is 5.73 Å². The van der Waals surface area contributed by atoms with Gasteiger partial charge in [0.15, 0.2) is 0 Å². The summed E-state index contributed by atoms with van der Waals surface area (Å²) in [4.78, 5) is 8.01. The number of hydrogen-bond acceptors (Lipinski definition) is 6. The van der Waals surface area contributed by atoms with Gasteiger partial charge in [-0.15, -0.1) is 0 Å². The molecule has 7 heteroatoms. The average Bonchev–Trinajstić information content (AvgIpc) is 2.92. The molecule has 100 valence electrons. The van der Waals surface area contributed by atoms with Crippen LogP contribution in [0.1, 0.15) is 0 Å². The fraction of sp³-hybridized carbons (Fsp3) is 0. The minimum atomic E-state index is -0.441. The highest BCUT2D eigenvalue weighted by Gasteiger charge is 2.12. The van der Waals surface area contributed by atoms with Crippen molar-refractivity contribution in [2.45, 2.75) is 0 Å². The summed E-state index contributed by atoms with van der Waals surface area (Å²) in [7, 11) is 0. The van der Waals surface area contributed by atoms with Gasteiger partial charge in [0.05, 0.1) is 11.9 Å². The Hall–Kier alpha value is -2.96. The van der Waals surface area contributed by atoms with E-state index < -0.39 is 5.82 Å². The fourth-order valence-electron chi connectivity index (χ4n) is 1.64. The molecule has 0 saturated heterocycles. The molecule has 0 aliphatic rings. The van der Waals surface area contributed by atoms with E-state index in [9.17, 15) is 9.50 Å². The third-order valence-electron chi connectivity index (χ3n) is 2.66. The van der Waals surface area contributed by atoms with Crippen molar-refractivity contribution in [2.24, 2.45) is 0 Å². The molecule has 0 fully saturated rings. The van der Waals surface area contributed by atoms with E-state index in [0.29, 0.717) is 11.3 Å². The highest BCUT2D eigenvalue weighted by molar-refractivity contribution is 5.66. The van der Waals surface area contributed by atoms with Gasteiger partial charge in [-0.1, -0.05) is 5.16 Å². The third kappa shape index (κ3) is 2.16. The zero-order valence-corrected chi connectivity index (χ0v) is 10.1. The number of rotatable bonds is 2. The number of halogens is 1. The Bertz CT molecular complexity index is 755. The molecule has 0 saturated carbocycles. The molecule has 0 amide bonds. The van der Waals surface area contributed by atoms with Crippen molar-refractivity contribution >= 4 is 5.69 Å². The SMILES string of the molecule is Nc1cc(-c2nc(-c3ccc(F)cn3)no2)ccc1O. The molecular formula is C13H9FN4O2. The summed E-state index contributed by atoms with van der Waals surface area (Å²) in [5.41, 5.74) is 6.78. The van der Waals surface area contributed by atoms with Crippen molar-refractivity contribution in [3.8, 4) is 28.7 Å². The predicted octanol–water partition coefficient (Wildman–Crippen LogP) is 2.23. The molecule has 0 radical (unpaired) electrons. The molecule has 3 rings (SSSR count). The maximum absolute atomic E-state index is 12.8. The lowest BCUT2D eigenvalue weighted by molar-refractivity contribution is 0.432. The van der Waals surface area contributed by atoms with Crippen molar-refractivity contribution in [3.63, 3.8) is 0 Å². The van der Waals surface area contributed by atoms with Crippen LogP contribution in [0.25, 0.3) is 23.0 Å². The second-order valence-electron chi connectivity index (χ2n) is 4.06. The first kappa shape index (κ1) is 12.1. The van der Waals surface area contributed by atoms with Gasteiger partial charge in [-0.05, 0) is 30.3 Å². The van der Waals surface area contributed by atoms with Crippen molar-refractivity contribution in [2.75, 3.05) is 5.73 Å². The van der Waals surface area contributed by atoms with Crippen LogP contribution in [0.15, 0.2) is 41.1 Å². The van der Waals surface area contributed by atoms with Gasteiger partial charge in [0.1, 0.15) is 17.3 Å². The lowest BCUT2D eigenvalue weighted by Crippen LogP contribution is -1.88. The van der Waals surface area contributed by atoms with Crippen LogP contribution in [0.2, 0.25) is 0 Å². The molecule has 0 bridgehead atoms. The van der Waals surface area contributed by atoms with E-state index in [1.54, 1.807) is 6.07 Å². The standard InChI is InChI=1S/C13H9FN4O2/c14-8-2-3-10(16-6-8)12-17-13(20-18-12)7-1-4-11(19)9(15)5-7/h1-6,19H,15H2. The van der Waals surface area contributed by atoms with Crippen molar-refractivity contribution in [1.29, 1.82) is 0 Å². The van der Waals surface area contributed by atoms with Gasteiger partial charge in [0.2, 0.25) is 5.82 Å². The molecular weight excluding hydrogens is 263 g/mol. The Labute approximate surface area is 112 Å². The number of pyridine rings is 1. The minimum Gasteiger partial charge on any atom is -0.506 e. The van der Waals surface area contributed by atoms with E-state index in [4.69, 9.17) is 10.3 Å². The molecule has 2 heterocycles. The van der Waals surface area contributed by atoms with Crippen molar-refractivity contribution < 1.29 is 14.0 Å². The number of benzene rings is 1. The van der Waals surface area contributed by atoms with Gasteiger partial charge in [0, 0.05) is 5.56 Å². The van der Waals surface area contributed by atoms with Crippen molar-refractivity contribution in [3.05, 3.63) is 42.3 Å². The Morgan fingerprint density at radius 1 is 1.20 bits per heavy atom. The number of phenolic OH excluding ortho intramolecular Hbond substituents is 1. The van der Waals surface area contributed by atoms with Crippen LogP contribution in [0, 0.1) is 5.82 Å². The maximum atomic E-state index is 12.8. The topological polar surface area (TPSA) is 98.1 Å². The van der Waals surface area contributed by atoms with Crippen LogP contribution >= 0.6 is 0 Å². The van der Waals surface area contributed by atoms with Gasteiger partial charge in [-0.3, -0.25) is 0 Å². The van der Waals surface area contributed by atoms with Gasteiger partial charge >= 0.3 is 0 Å². The summed E-state index contributed by atoms with van der Waals surface area (Å²) in [5.74, 6) is 0.0157. The number of phenols is 1. The minimum absolute atomic E-state index is 0.0197. The number of hydrogen-bond donors (Lipinski definition) is 2. The third-order valence-corrected chi connectivity index (χ3v) is 2.66.